The lowest BCUT2D eigenvalue weighted by Crippen LogP contribution is -2.22. The Morgan fingerprint density at radius 3 is 1.92 bits per heavy atom. The van der Waals surface area contributed by atoms with Crippen LogP contribution in [-0.4, -0.2) is 61.2 Å². The first-order valence-corrected chi connectivity index (χ1v) is 10.3. The Morgan fingerprint density at radius 2 is 1.38 bits per heavy atom. The number of aliphatic hydroxyl groups is 2. The summed E-state index contributed by atoms with van der Waals surface area (Å²) in [6.45, 7) is 8.33. The summed E-state index contributed by atoms with van der Waals surface area (Å²) >= 11 is 0. The first-order chi connectivity index (χ1) is 11.8. The summed E-state index contributed by atoms with van der Waals surface area (Å²) in [6.07, 6.45) is 11.5. The number of nitrogens with zero attached hydrogens (tertiary/aromatic N) is 1. The summed E-state index contributed by atoms with van der Waals surface area (Å²) in [5.41, 5.74) is 0. The van der Waals surface area contributed by atoms with Crippen molar-refractivity contribution in [3.8, 4) is 0 Å². The normalized spacial score (nSPS) is 21.6. The van der Waals surface area contributed by atoms with Gasteiger partial charge in [0.05, 0.1) is 0 Å². The Morgan fingerprint density at radius 1 is 0.792 bits per heavy atom. The Labute approximate surface area is 149 Å². The summed E-state index contributed by atoms with van der Waals surface area (Å²) in [5.74, 6) is 1.58. The van der Waals surface area contributed by atoms with Crippen LogP contribution < -0.4 is 0 Å². The quantitative estimate of drug-likeness (QED) is 0.421. The molecule has 0 aliphatic carbocycles. The molecule has 4 heteroatoms. The second-order valence-corrected chi connectivity index (χ2v) is 7.39. The van der Waals surface area contributed by atoms with Crippen LogP contribution in [0, 0.1) is 11.8 Å². The molecule has 1 fully saturated rings. The molecule has 1 heterocycles. The van der Waals surface area contributed by atoms with E-state index < -0.39 is 0 Å². The molecule has 0 saturated carbocycles. The molecule has 2 atom stereocenters. The molecule has 0 spiro atoms. The van der Waals surface area contributed by atoms with Gasteiger partial charge in [0.2, 0.25) is 0 Å². The molecule has 24 heavy (non-hydrogen) atoms. The maximum atomic E-state index is 9.00. The Kier molecular flexibility index (Phi) is 13.8. The predicted octanol–water partition coefficient (Wildman–Crippen LogP) is 3.46. The van der Waals surface area contributed by atoms with Gasteiger partial charge in [0.1, 0.15) is 0 Å². The zero-order chi connectivity index (χ0) is 17.5. The van der Waals surface area contributed by atoms with Crippen LogP contribution in [0.4, 0.5) is 0 Å². The third-order valence-corrected chi connectivity index (χ3v) is 5.27. The van der Waals surface area contributed by atoms with Crippen LogP contribution in [-0.2, 0) is 4.74 Å². The molecule has 0 amide bonds. The molecule has 0 bridgehead atoms. The number of rotatable bonds is 16. The average molecular weight is 344 g/mol. The van der Waals surface area contributed by atoms with Crippen molar-refractivity contribution >= 4 is 0 Å². The second-order valence-electron chi connectivity index (χ2n) is 7.39. The van der Waals surface area contributed by atoms with E-state index in [0.29, 0.717) is 13.2 Å². The van der Waals surface area contributed by atoms with Crippen LogP contribution >= 0.6 is 0 Å². The Hall–Kier alpha value is -0.160. The third kappa shape index (κ3) is 9.97. The van der Waals surface area contributed by atoms with Crippen LogP contribution in [0.25, 0.3) is 0 Å². The predicted molar refractivity (Wildman–Crippen MR) is 100 cm³/mol. The fourth-order valence-electron chi connectivity index (χ4n) is 3.80. The standard InChI is InChI=1S/C20H41NO3/c1-2-3-15-24-16-9-6-12-21-17-19(10-4-7-13-22)20(18-21)11-5-8-14-23/h19-20,22-23H,2-18H2,1H3. The van der Waals surface area contributed by atoms with Gasteiger partial charge in [-0.15, -0.1) is 0 Å². The van der Waals surface area contributed by atoms with Gasteiger partial charge >= 0.3 is 0 Å². The van der Waals surface area contributed by atoms with Crippen molar-refractivity contribution in [2.45, 2.75) is 71.1 Å². The zero-order valence-corrected chi connectivity index (χ0v) is 15.9. The van der Waals surface area contributed by atoms with E-state index in [-0.39, 0.29) is 0 Å². The van der Waals surface area contributed by atoms with Gasteiger partial charge in [0.25, 0.3) is 0 Å². The SMILES string of the molecule is CCCCOCCCCN1CC(CCCCO)C(CCCCO)C1. The summed E-state index contributed by atoms with van der Waals surface area (Å²) in [6, 6.07) is 0. The molecule has 2 N–H and O–H groups in total. The highest BCUT2D eigenvalue weighted by Gasteiger charge is 2.31. The molecule has 0 radical (unpaired) electrons. The maximum absolute atomic E-state index is 9.00. The minimum atomic E-state index is 0.323. The molecular weight excluding hydrogens is 302 g/mol. The molecule has 144 valence electrons. The van der Waals surface area contributed by atoms with Crippen LogP contribution in [0.2, 0.25) is 0 Å². The van der Waals surface area contributed by atoms with Gasteiger partial charge in [-0.05, 0) is 63.3 Å². The van der Waals surface area contributed by atoms with Crippen molar-refractivity contribution in [3.63, 3.8) is 0 Å². The van der Waals surface area contributed by atoms with Crippen molar-refractivity contribution in [1.82, 2.24) is 4.90 Å². The minimum absolute atomic E-state index is 0.323. The lowest BCUT2D eigenvalue weighted by atomic mass is 9.87. The monoisotopic (exact) mass is 343 g/mol. The molecule has 0 aromatic heterocycles. The highest BCUT2D eigenvalue weighted by atomic mass is 16.5. The van der Waals surface area contributed by atoms with Crippen LogP contribution in [0.1, 0.15) is 71.1 Å². The number of likely N-dealkylation sites (tertiary alicyclic amines) is 1. The molecular formula is C20H41NO3. The summed E-state index contributed by atoms with van der Waals surface area (Å²) < 4.78 is 5.65. The number of aliphatic hydroxyl groups excluding tert-OH is 2. The Balaban J connectivity index is 2.19. The average Bonchev–Trinajstić information content (AvgIpc) is 2.97. The van der Waals surface area contributed by atoms with Gasteiger partial charge < -0.3 is 19.8 Å². The fraction of sp³-hybridized carbons (Fsp3) is 1.00. The second kappa shape index (κ2) is 15.1. The molecule has 1 rings (SSSR count). The van der Waals surface area contributed by atoms with Gasteiger partial charge in [0, 0.05) is 39.5 Å². The summed E-state index contributed by atoms with van der Waals surface area (Å²) in [5, 5.41) is 18.0. The topological polar surface area (TPSA) is 52.9 Å². The molecule has 1 saturated heterocycles. The van der Waals surface area contributed by atoms with Gasteiger partial charge in [-0.3, -0.25) is 0 Å². The molecule has 0 aromatic rings. The molecule has 1 aliphatic rings. The third-order valence-electron chi connectivity index (χ3n) is 5.27. The van der Waals surface area contributed by atoms with Gasteiger partial charge in [-0.1, -0.05) is 26.2 Å². The molecule has 1 aliphatic heterocycles. The largest absolute Gasteiger partial charge is 0.396 e. The fourth-order valence-corrected chi connectivity index (χ4v) is 3.80. The number of hydrogen-bond acceptors (Lipinski definition) is 4. The highest BCUT2D eigenvalue weighted by molar-refractivity contribution is 4.84. The lowest BCUT2D eigenvalue weighted by Gasteiger charge is -2.17. The van der Waals surface area contributed by atoms with Crippen molar-refractivity contribution in [2.24, 2.45) is 11.8 Å². The van der Waals surface area contributed by atoms with E-state index in [9.17, 15) is 0 Å². The zero-order valence-electron chi connectivity index (χ0n) is 15.9. The van der Waals surface area contributed by atoms with Crippen LogP contribution in [0.3, 0.4) is 0 Å². The number of hydrogen-bond donors (Lipinski definition) is 2. The molecule has 2 unspecified atom stereocenters. The highest BCUT2D eigenvalue weighted by Crippen LogP contribution is 2.31. The lowest BCUT2D eigenvalue weighted by molar-refractivity contribution is 0.125. The molecule has 4 nitrogen and oxygen atoms in total. The van der Waals surface area contributed by atoms with Crippen molar-refractivity contribution in [1.29, 1.82) is 0 Å². The van der Waals surface area contributed by atoms with E-state index in [1.807, 2.05) is 0 Å². The van der Waals surface area contributed by atoms with Crippen LogP contribution in [0.5, 0.6) is 0 Å². The van der Waals surface area contributed by atoms with E-state index in [4.69, 9.17) is 14.9 Å². The number of ether oxygens (including phenoxy) is 1. The minimum Gasteiger partial charge on any atom is -0.396 e. The van der Waals surface area contributed by atoms with E-state index in [0.717, 1.165) is 50.7 Å². The van der Waals surface area contributed by atoms with Crippen molar-refractivity contribution in [2.75, 3.05) is 46.1 Å². The van der Waals surface area contributed by atoms with E-state index in [1.165, 1.54) is 58.2 Å². The van der Waals surface area contributed by atoms with E-state index >= 15 is 0 Å². The number of unbranched alkanes of at least 4 members (excludes halogenated alkanes) is 4. The van der Waals surface area contributed by atoms with Crippen LogP contribution in [0.15, 0.2) is 0 Å². The van der Waals surface area contributed by atoms with E-state index in [1.54, 1.807) is 0 Å². The van der Waals surface area contributed by atoms with E-state index in [2.05, 4.69) is 11.8 Å². The van der Waals surface area contributed by atoms with Gasteiger partial charge in [0.15, 0.2) is 0 Å². The van der Waals surface area contributed by atoms with Gasteiger partial charge in [-0.2, -0.15) is 0 Å². The first-order valence-electron chi connectivity index (χ1n) is 10.3. The van der Waals surface area contributed by atoms with Crippen molar-refractivity contribution in [3.05, 3.63) is 0 Å². The van der Waals surface area contributed by atoms with Crippen molar-refractivity contribution < 1.29 is 14.9 Å². The summed E-state index contributed by atoms with van der Waals surface area (Å²) in [7, 11) is 0. The smallest absolute Gasteiger partial charge is 0.0466 e. The maximum Gasteiger partial charge on any atom is 0.0466 e. The first kappa shape index (κ1) is 21.9. The Bertz CT molecular complexity index is 258. The summed E-state index contributed by atoms with van der Waals surface area (Å²) in [4.78, 5) is 2.64. The molecule has 0 aromatic carbocycles. The van der Waals surface area contributed by atoms with Gasteiger partial charge in [-0.25, -0.2) is 0 Å².